The smallest absolute Gasteiger partial charge is 0.222 e. The summed E-state index contributed by atoms with van der Waals surface area (Å²) in [6.07, 6.45) is 8.26. The lowest BCUT2D eigenvalue weighted by Crippen LogP contribution is -2.42. The molecule has 116 valence electrons. The number of hydrogen-bond acceptors (Lipinski definition) is 5. The van der Waals surface area contributed by atoms with Crippen molar-refractivity contribution in [1.29, 1.82) is 5.26 Å². The van der Waals surface area contributed by atoms with Crippen LogP contribution in [-0.4, -0.2) is 47.0 Å². The van der Waals surface area contributed by atoms with Crippen molar-refractivity contribution < 1.29 is 4.79 Å². The first-order valence-electron chi connectivity index (χ1n) is 8.01. The molecule has 0 saturated carbocycles. The normalized spacial score (nSPS) is 20.0. The minimum atomic E-state index is 0.326. The number of hydrogen-bond donors (Lipinski definition) is 0. The fourth-order valence-electron chi connectivity index (χ4n) is 3.25. The predicted octanol–water partition coefficient (Wildman–Crippen LogP) is 1.58. The topological polar surface area (TPSA) is 73.1 Å². The van der Waals surface area contributed by atoms with Gasteiger partial charge in [0.2, 0.25) is 5.91 Å². The number of nitrogens with zero attached hydrogens (tertiary/aromatic N) is 5. The molecule has 2 aliphatic heterocycles. The predicted molar refractivity (Wildman–Crippen MR) is 82.1 cm³/mol. The number of amides is 1. The fraction of sp³-hybridized carbons (Fsp3) is 0.625. The molecule has 6 nitrogen and oxygen atoms in total. The monoisotopic (exact) mass is 299 g/mol. The van der Waals surface area contributed by atoms with E-state index in [1.54, 1.807) is 6.20 Å². The lowest BCUT2D eigenvalue weighted by atomic mass is 9.95. The lowest BCUT2D eigenvalue weighted by molar-refractivity contribution is -0.134. The summed E-state index contributed by atoms with van der Waals surface area (Å²) in [7, 11) is 0. The van der Waals surface area contributed by atoms with Crippen LogP contribution in [0.1, 0.15) is 37.8 Å². The van der Waals surface area contributed by atoms with Gasteiger partial charge in [-0.1, -0.05) is 0 Å². The van der Waals surface area contributed by atoms with Crippen LogP contribution in [0.4, 0.5) is 5.82 Å². The van der Waals surface area contributed by atoms with Crippen molar-refractivity contribution in [2.45, 2.75) is 32.1 Å². The van der Waals surface area contributed by atoms with Crippen LogP contribution >= 0.6 is 0 Å². The third-order valence-electron chi connectivity index (χ3n) is 4.59. The van der Waals surface area contributed by atoms with Gasteiger partial charge < -0.3 is 9.80 Å². The highest BCUT2D eigenvalue weighted by Gasteiger charge is 2.25. The van der Waals surface area contributed by atoms with E-state index in [2.05, 4.69) is 14.9 Å². The molecule has 0 N–H and O–H groups in total. The van der Waals surface area contributed by atoms with E-state index in [1.165, 1.54) is 6.20 Å². The Labute approximate surface area is 130 Å². The molecule has 1 aromatic rings. The maximum atomic E-state index is 11.9. The van der Waals surface area contributed by atoms with E-state index in [9.17, 15) is 4.79 Å². The third-order valence-corrected chi connectivity index (χ3v) is 4.59. The van der Waals surface area contributed by atoms with Crippen molar-refractivity contribution in [2.24, 2.45) is 5.92 Å². The van der Waals surface area contributed by atoms with E-state index >= 15 is 0 Å². The van der Waals surface area contributed by atoms with Crippen molar-refractivity contribution >= 4 is 11.7 Å². The number of anilines is 1. The van der Waals surface area contributed by atoms with Crippen LogP contribution in [0, 0.1) is 17.2 Å². The number of piperidine rings is 2. The number of rotatable bonds is 3. The average Bonchev–Trinajstić information content (AvgIpc) is 2.58. The van der Waals surface area contributed by atoms with Gasteiger partial charge in [0.05, 0.1) is 12.4 Å². The number of carbonyl (C=O) groups is 1. The molecule has 6 heteroatoms. The van der Waals surface area contributed by atoms with Crippen molar-refractivity contribution in [1.82, 2.24) is 14.9 Å². The Kier molecular flexibility index (Phi) is 4.52. The summed E-state index contributed by atoms with van der Waals surface area (Å²) < 4.78 is 0. The standard InChI is InChI=1S/C16H21N5O/c17-9-14-10-19-15(11-18-14)20-7-4-13(5-8-20)12-21-6-2-1-3-16(21)22/h10-11,13H,1-8,12H2. The van der Waals surface area contributed by atoms with E-state index in [-0.39, 0.29) is 0 Å². The molecule has 2 aliphatic rings. The first-order chi connectivity index (χ1) is 10.8. The molecule has 0 aliphatic carbocycles. The van der Waals surface area contributed by atoms with E-state index in [4.69, 9.17) is 5.26 Å². The van der Waals surface area contributed by atoms with Gasteiger partial charge in [0.1, 0.15) is 11.9 Å². The second kappa shape index (κ2) is 6.73. The SMILES string of the molecule is N#Cc1cnc(N2CCC(CN3CCCCC3=O)CC2)cn1. The Bertz CT molecular complexity index is 557. The maximum Gasteiger partial charge on any atom is 0.222 e. The van der Waals surface area contributed by atoms with Crippen LogP contribution in [0.15, 0.2) is 12.4 Å². The molecule has 2 saturated heterocycles. The molecule has 0 atom stereocenters. The number of carbonyl (C=O) groups excluding carboxylic acids is 1. The quantitative estimate of drug-likeness (QED) is 0.847. The van der Waals surface area contributed by atoms with Gasteiger partial charge in [-0.3, -0.25) is 4.79 Å². The molecule has 0 unspecified atom stereocenters. The largest absolute Gasteiger partial charge is 0.355 e. The Morgan fingerprint density at radius 1 is 1.18 bits per heavy atom. The molecule has 0 bridgehead atoms. The van der Waals surface area contributed by atoms with Gasteiger partial charge in [-0.2, -0.15) is 5.26 Å². The first-order valence-corrected chi connectivity index (χ1v) is 8.01. The third kappa shape index (κ3) is 3.35. The van der Waals surface area contributed by atoms with Crippen LogP contribution in [0.25, 0.3) is 0 Å². The first kappa shape index (κ1) is 14.8. The summed E-state index contributed by atoms with van der Waals surface area (Å²) in [5.74, 6) is 1.75. The summed E-state index contributed by atoms with van der Waals surface area (Å²) in [5, 5.41) is 8.75. The summed E-state index contributed by atoms with van der Waals surface area (Å²) in [5.41, 5.74) is 0.349. The van der Waals surface area contributed by atoms with Gasteiger partial charge in [-0.05, 0) is 31.6 Å². The minimum Gasteiger partial charge on any atom is -0.355 e. The van der Waals surface area contributed by atoms with E-state index < -0.39 is 0 Å². The van der Waals surface area contributed by atoms with Gasteiger partial charge in [-0.25, -0.2) is 9.97 Å². The van der Waals surface area contributed by atoms with Crippen LogP contribution < -0.4 is 4.90 Å². The highest BCUT2D eigenvalue weighted by atomic mass is 16.2. The Balaban J connectivity index is 1.51. The molecule has 3 heterocycles. The lowest BCUT2D eigenvalue weighted by Gasteiger charge is -2.36. The number of likely N-dealkylation sites (tertiary alicyclic amines) is 1. The average molecular weight is 299 g/mol. The molecule has 0 spiro atoms. The zero-order valence-corrected chi connectivity index (χ0v) is 12.7. The molecule has 1 aromatic heterocycles. The van der Waals surface area contributed by atoms with Crippen molar-refractivity contribution in [3.05, 3.63) is 18.1 Å². The van der Waals surface area contributed by atoms with Crippen LogP contribution in [0.5, 0.6) is 0 Å². The molecule has 2 fully saturated rings. The van der Waals surface area contributed by atoms with Gasteiger partial charge in [0.25, 0.3) is 0 Å². The zero-order chi connectivity index (χ0) is 15.4. The summed E-state index contributed by atoms with van der Waals surface area (Å²) in [4.78, 5) is 24.5. The van der Waals surface area contributed by atoms with E-state index in [1.807, 2.05) is 11.0 Å². The fourth-order valence-corrected chi connectivity index (χ4v) is 3.25. The van der Waals surface area contributed by atoms with Crippen molar-refractivity contribution in [3.63, 3.8) is 0 Å². The van der Waals surface area contributed by atoms with Gasteiger partial charge in [0, 0.05) is 32.6 Å². The minimum absolute atomic E-state index is 0.326. The molecule has 1 amide bonds. The molecule has 22 heavy (non-hydrogen) atoms. The Morgan fingerprint density at radius 2 is 2.00 bits per heavy atom. The number of aromatic nitrogens is 2. The zero-order valence-electron chi connectivity index (χ0n) is 12.7. The van der Waals surface area contributed by atoms with Gasteiger partial charge in [0.15, 0.2) is 5.69 Å². The second-order valence-corrected chi connectivity index (χ2v) is 6.10. The molecular formula is C16H21N5O. The molecule has 3 rings (SSSR count). The number of nitriles is 1. The molecule has 0 radical (unpaired) electrons. The van der Waals surface area contributed by atoms with Gasteiger partial charge >= 0.3 is 0 Å². The van der Waals surface area contributed by atoms with Crippen molar-refractivity contribution in [3.8, 4) is 6.07 Å². The van der Waals surface area contributed by atoms with Crippen LogP contribution in [-0.2, 0) is 4.79 Å². The maximum absolute atomic E-state index is 11.9. The van der Waals surface area contributed by atoms with Crippen molar-refractivity contribution in [2.75, 3.05) is 31.1 Å². The summed E-state index contributed by atoms with van der Waals surface area (Å²) in [6.45, 7) is 3.71. The summed E-state index contributed by atoms with van der Waals surface area (Å²) in [6, 6.07) is 1.98. The summed E-state index contributed by atoms with van der Waals surface area (Å²) >= 11 is 0. The van der Waals surface area contributed by atoms with Crippen LogP contribution in [0.2, 0.25) is 0 Å². The molecule has 0 aromatic carbocycles. The van der Waals surface area contributed by atoms with Crippen LogP contribution in [0.3, 0.4) is 0 Å². The Hall–Kier alpha value is -2.16. The van der Waals surface area contributed by atoms with E-state index in [0.717, 1.165) is 64.1 Å². The van der Waals surface area contributed by atoms with E-state index in [0.29, 0.717) is 17.5 Å². The second-order valence-electron chi connectivity index (χ2n) is 6.10. The highest BCUT2D eigenvalue weighted by Crippen LogP contribution is 2.23. The highest BCUT2D eigenvalue weighted by molar-refractivity contribution is 5.76. The Morgan fingerprint density at radius 3 is 2.64 bits per heavy atom. The van der Waals surface area contributed by atoms with Gasteiger partial charge in [-0.15, -0.1) is 0 Å². The molecular weight excluding hydrogens is 278 g/mol.